The zero-order chi connectivity index (χ0) is 27.6. The minimum atomic E-state index is -4.13. The van der Waals surface area contributed by atoms with Crippen LogP contribution in [0.15, 0.2) is 36.5 Å². The van der Waals surface area contributed by atoms with Gasteiger partial charge < -0.3 is 19.8 Å². The van der Waals surface area contributed by atoms with Crippen LogP contribution < -0.4 is 4.74 Å². The van der Waals surface area contributed by atoms with Crippen LogP contribution in [-0.2, 0) is 0 Å². The first kappa shape index (κ1) is 28.3. The van der Waals surface area contributed by atoms with Crippen LogP contribution in [0.2, 0.25) is 0 Å². The Morgan fingerprint density at radius 1 is 1.05 bits per heavy atom. The third kappa shape index (κ3) is 6.39. The Morgan fingerprint density at radius 2 is 1.82 bits per heavy atom. The molecule has 1 unspecified atom stereocenters. The molecule has 2 aromatic rings. The third-order valence-corrected chi connectivity index (χ3v) is 8.72. The van der Waals surface area contributed by atoms with E-state index in [1.165, 1.54) is 6.07 Å². The zero-order valence-electron chi connectivity index (χ0n) is 22.0. The SMILES string of the molecule is OC(c1ccc(-c2ccc(OCC3CCN(CC4(C(F)(F)F)CCC4)CC3)nc2)c(F)c1)N1CCC[C@@H](O)C1. The second kappa shape index (κ2) is 11.7. The van der Waals surface area contributed by atoms with Crippen LogP contribution in [0.25, 0.3) is 11.1 Å². The molecule has 1 aromatic carbocycles. The van der Waals surface area contributed by atoms with Crippen LogP contribution in [0.1, 0.15) is 56.7 Å². The molecule has 0 amide bonds. The number of alkyl halides is 3. The summed E-state index contributed by atoms with van der Waals surface area (Å²) < 4.78 is 61.3. The number of hydrogen-bond donors (Lipinski definition) is 2. The Balaban J connectivity index is 1.11. The fourth-order valence-corrected chi connectivity index (χ4v) is 6.04. The minimum absolute atomic E-state index is 0.102. The van der Waals surface area contributed by atoms with Gasteiger partial charge >= 0.3 is 6.18 Å². The Hall–Kier alpha value is -2.27. The molecule has 2 aliphatic heterocycles. The molecule has 0 radical (unpaired) electrons. The molecule has 5 rings (SSSR count). The van der Waals surface area contributed by atoms with Gasteiger partial charge in [0.05, 0.1) is 18.1 Å². The molecule has 0 spiro atoms. The van der Waals surface area contributed by atoms with Gasteiger partial charge in [-0.1, -0.05) is 18.6 Å². The molecule has 1 aliphatic carbocycles. The molecular formula is C29H37F4N3O3. The number of pyridine rings is 1. The van der Waals surface area contributed by atoms with Gasteiger partial charge in [0.15, 0.2) is 0 Å². The predicted molar refractivity (Wildman–Crippen MR) is 138 cm³/mol. The van der Waals surface area contributed by atoms with Crippen molar-refractivity contribution in [3.05, 3.63) is 47.9 Å². The average Bonchev–Trinajstić information content (AvgIpc) is 2.89. The molecule has 3 aliphatic rings. The number of benzene rings is 1. The molecular weight excluding hydrogens is 514 g/mol. The summed E-state index contributed by atoms with van der Waals surface area (Å²) in [6.07, 6.45) is 0.124. The molecule has 3 heterocycles. The fraction of sp³-hybridized carbons (Fsp3) is 0.621. The topological polar surface area (TPSA) is 69.1 Å². The lowest BCUT2D eigenvalue weighted by atomic mass is 9.67. The first-order valence-electron chi connectivity index (χ1n) is 13.9. The van der Waals surface area contributed by atoms with Gasteiger partial charge in [0.2, 0.25) is 5.88 Å². The molecule has 6 nitrogen and oxygen atoms in total. The van der Waals surface area contributed by atoms with E-state index in [-0.39, 0.29) is 25.3 Å². The number of aliphatic hydroxyl groups is 2. The highest BCUT2D eigenvalue weighted by molar-refractivity contribution is 5.64. The van der Waals surface area contributed by atoms with Crippen molar-refractivity contribution in [1.29, 1.82) is 0 Å². The van der Waals surface area contributed by atoms with Gasteiger partial charge in [0.1, 0.15) is 12.0 Å². The van der Waals surface area contributed by atoms with Gasteiger partial charge in [-0.05, 0) is 75.2 Å². The number of aliphatic hydroxyl groups excluding tert-OH is 2. The van der Waals surface area contributed by atoms with E-state index in [0.29, 0.717) is 68.2 Å². The molecule has 39 heavy (non-hydrogen) atoms. The Morgan fingerprint density at radius 3 is 2.41 bits per heavy atom. The number of piperidine rings is 2. The van der Waals surface area contributed by atoms with E-state index in [1.807, 2.05) is 4.90 Å². The molecule has 1 aromatic heterocycles. The van der Waals surface area contributed by atoms with Crippen LogP contribution in [0.3, 0.4) is 0 Å². The second-order valence-electron chi connectivity index (χ2n) is 11.5. The predicted octanol–water partition coefficient (Wildman–Crippen LogP) is 5.16. The van der Waals surface area contributed by atoms with E-state index in [4.69, 9.17) is 4.74 Å². The molecule has 3 fully saturated rings. The summed E-state index contributed by atoms with van der Waals surface area (Å²) in [4.78, 5) is 8.01. The maximum absolute atomic E-state index is 15.0. The van der Waals surface area contributed by atoms with Crippen LogP contribution in [-0.4, -0.2) is 76.6 Å². The Labute approximate surface area is 226 Å². The number of aromatic nitrogens is 1. The van der Waals surface area contributed by atoms with Gasteiger partial charge in [-0.15, -0.1) is 0 Å². The smallest absolute Gasteiger partial charge is 0.395 e. The van der Waals surface area contributed by atoms with Crippen molar-refractivity contribution in [3.8, 4) is 17.0 Å². The van der Waals surface area contributed by atoms with Crippen molar-refractivity contribution in [1.82, 2.24) is 14.8 Å². The van der Waals surface area contributed by atoms with E-state index >= 15 is 0 Å². The number of β-amino-alcohol motifs (C(OH)–C–C–N with tert-alkyl or cyclic N) is 1. The van der Waals surface area contributed by atoms with Crippen LogP contribution >= 0.6 is 0 Å². The van der Waals surface area contributed by atoms with Gasteiger partial charge in [-0.3, -0.25) is 4.90 Å². The number of hydrogen-bond acceptors (Lipinski definition) is 6. The Bertz CT molecular complexity index is 1100. The lowest BCUT2D eigenvalue weighted by molar-refractivity contribution is -0.256. The van der Waals surface area contributed by atoms with Crippen LogP contribution in [0, 0.1) is 17.2 Å². The maximum Gasteiger partial charge on any atom is 0.395 e. The standard InChI is InChI=1S/C29H37F4N3O3/c30-25-15-21(27(38)36-12-1-3-23(37)17-36)4-6-24(25)22-5-7-26(34-16-22)39-18-20-8-13-35(14-9-20)19-28(10-2-11-28)29(31,32)33/h4-7,15-16,20,23,27,37-38H,1-3,8-14,17-19H2/t23-,27?/m1/s1. The van der Waals surface area contributed by atoms with Crippen LogP contribution in [0.5, 0.6) is 5.88 Å². The van der Waals surface area contributed by atoms with Crippen LogP contribution in [0.4, 0.5) is 17.6 Å². The van der Waals surface area contributed by atoms with Gasteiger partial charge in [-0.25, -0.2) is 9.37 Å². The lowest BCUT2D eigenvalue weighted by Crippen LogP contribution is -2.53. The summed E-state index contributed by atoms with van der Waals surface area (Å²) in [5.74, 6) is 0.201. The Kier molecular flexibility index (Phi) is 8.47. The van der Waals surface area contributed by atoms with Gasteiger partial charge in [-0.2, -0.15) is 13.2 Å². The fourth-order valence-electron chi connectivity index (χ4n) is 6.04. The third-order valence-electron chi connectivity index (χ3n) is 8.72. The van der Waals surface area contributed by atoms with E-state index in [9.17, 15) is 27.8 Å². The second-order valence-corrected chi connectivity index (χ2v) is 11.5. The first-order chi connectivity index (χ1) is 18.6. The van der Waals surface area contributed by atoms with Crippen molar-refractivity contribution < 1.29 is 32.5 Å². The van der Waals surface area contributed by atoms with Gasteiger partial charge in [0, 0.05) is 43.0 Å². The van der Waals surface area contributed by atoms with Crippen molar-refractivity contribution in [3.63, 3.8) is 0 Å². The van der Waals surface area contributed by atoms with E-state index in [1.54, 1.807) is 35.4 Å². The van der Waals surface area contributed by atoms with Gasteiger partial charge in [0.25, 0.3) is 0 Å². The number of nitrogens with zero attached hydrogens (tertiary/aromatic N) is 3. The largest absolute Gasteiger partial charge is 0.477 e. The average molecular weight is 552 g/mol. The summed E-state index contributed by atoms with van der Waals surface area (Å²) in [6, 6.07) is 8.04. The highest BCUT2D eigenvalue weighted by atomic mass is 19.4. The summed E-state index contributed by atoms with van der Waals surface area (Å²) in [5.41, 5.74) is -0.139. The van der Waals surface area contributed by atoms with Crippen molar-refractivity contribution in [2.24, 2.45) is 11.3 Å². The van der Waals surface area contributed by atoms with Crippen molar-refractivity contribution in [2.45, 2.75) is 63.5 Å². The molecule has 2 saturated heterocycles. The molecule has 214 valence electrons. The summed E-state index contributed by atoms with van der Waals surface area (Å²) in [7, 11) is 0. The highest BCUT2D eigenvalue weighted by Crippen LogP contribution is 2.53. The number of likely N-dealkylation sites (tertiary alicyclic amines) is 2. The molecule has 2 N–H and O–H groups in total. The quantitative estimate of drug-likeness (QED) is 0.442. The summed E-state index contributed by atoms with van der Waals surface area (Å²) in [5, 5.41) is 20.5. The minimum Gasteiger partial charge on any atom is -0.477 e. The lowest BCUT2D eigenvalue weighted by Gasteiger charge is -2.47. The molecule has 2 atom stereocenters. The highest BCUT2D eigenvalue weighted by Gasteiger charge is 2.58. The normalized spacial score (nSPS) is 23.8. The number of rotatable bonds is 8. The van der Waals surface area contributed by atoms with Crippen molar-refractivity contribution in [2.75, 3.05) is 39.3 Å². The molecule has 10 heteroatoms. The van der Waals surface area contributed by atoms with E-state index in [0.717, 1.165) is 19.3 Å². The zero-order valence-corrected chi connectivity index (χ0v) is 22.0. The van der Waals surface area contributed by atoms with E-state index in [2.05, 4.69) is 4.98 Å². The maximum atomic E-state index is 15.0. The summed E-state index contributed by atoms with van der Waals surface area (Å²) >= 11 is 0. The number of ether oxygens (including phenoxy) is 1. The monoisotopic (exact) mass is 551 g/mol. The summed E-state index contributed by atoms with van der Waals surface area (Å²) in [6.45, 7) is 2.82. The molecule has 1 saturated carbocycles. The number of halogens is 4. The van der Waals surface area contributed by atoms with Crippen molar-refractivity contribution >= 4 is 0 Å². The first-order valence-corrected chi connectivity index (χ1v) is 13.9. The molecule has 0 bridgehead atoms. The van der Waals surface area contributed by atoms with E-state index < -0.39 is 29.7 Å².